The van der Waals surface area contributed by atoms with Gasteiger partial charge in [0.2, 0.25) is 0 Å². The minimum absolute atomic E-state index is 0.0817. The first-order chi connectivity index (χ1) is 11.7. The van der Waals surface area contributed by atoms with Gasteiger partial charge in [0, 0.05) is 12.1 Å². The van der Waals surface area contributed by atoms with Gasteiger partial charge in [0.05, 0.1) is 6.61 Å². The van der Waals surface area contributed by atoms with E-state index in [0.717, 1.165) is 30.0 Å². The minimum atomic E-state index is -0.451. The molecule has 1 atom stereocenters. The molecule has 126 valence electrons. The number of carbonyl (C=O) groups is 2. The van der Waals surface area contributed by atoms with Gasteiger partial charge in [-0.15, -0.1) is 0 Å². The smallest absolute Gasteiger partial charge is 0.328 e. The lowest BCUT2D eigenvalue weighted by molar-refractivity contribution is -0.148. The molecule has 1 amide bonds. The van der Waals surface area contributed by atoms with Crippen LogP contribution in [-0.4, -0.2) is 36.0 Å². The van der Waals surface area contributed by atoms with Crippen molar-refractivity contribution in [2.45, 2.75) is 38.6 Å². The highest BCUT2D eigenvalue weighted by Gasteiger charge is 2.36. The lowest BCUT2D eigenvalue weighted by atomic mass is 10.0. The number of ether oxygens (including phenoxy) is 1. The first-order valence-corrected chi connectivity index (χ1v) is 8.67. The summed E-state index contributed by atoms with van der Waals surface area (Å²) in [5, 5.41) is 1.96. The monoisotopic (exact) mass is 325 g/mol. The van der Waals surface area contributed by atoms with Crippen molar-refractivity contribution >= 4 is 22.6 Å². The van der Waals surface area contributed by atoms with Gasteiger partial charge in [-0.25, -0.2) is 4.79 Å². The molecule has 1 heterocycles. The van der Waals surface area contributed by atoms with Gasteiger partial charge in [-0.2, -0.15) is 0 Å². The van der Waals surface area contributed by atoms with Gasteiger partial charge in [-0.05, 0) is 36.1 Å². The molecule has 1 aliphatic rings. The van der Waals surface area contributed by atoms with Crippen molar-refractivity contribution in [3.05, 3.63) is 48.0 Å². The summed E-state index contributed by atoms with van der Waals surface area (Å²) in [6.07, 6.45) is 3.36. The molecule has 0 aliphatic carbocycles. The fourth-order valence-corrected chi connectivity index (χ4v) is 3.23. The van der Waals surface area contributed by atoms with Crippen molar-refractivity contribution in [3.63, 3.8) is 0 Å². The van der Waals surface area contributed by atoms with E-state index in [2.05, 4.69) is 6.92 Å². The lowest BCUT2D eigenvalue weighted by Gasteiger charge is -2.24. The second kappa shape index (κ2) is 7.47. The summed E-state index contributed by atoms with van der Waals surface area (Å²) >= 11 is 0. The Bertz CT molecular complexity index is 735. The number of fused-ring (bicyclic) bond motifs is 1. The molecule has 1 fully saturated rings. The Labute approximate surface area is 142 Å². The van der Waals surface area contributed by atoms with Crippen LogP contribution in [-0.2, 0) is 9.53 Å². The van der Waals surface area contributed by atoms with Crippen molar-refractivity contribution in [3.8, 4) is 0 Å². The largest absolute Gasteiger partial charge is 0.464 e. The Morgan fingerprint density at radius 2 is 1.96 bits per heavy atom. The van der Waals surface area contributed by atoms with Crippen LogP contribution in [0.4, 0.5) is 0 Å². The number of amides is 1. The number of hydrogen-bond acceptors (Lipinski definition) is 3. The van der Waals surface area contributed by atoms with Crippen LogP contribution < -0.4 is 0 Å². The van der Waals surface area contributed by atoms with Crippen molar-refractivity contribution in [1.29, 1.82) is 0 Å². The minimum Gasteiger partial charge on any atom is -0.464 e. The Hall–Kier alpha value is -2.36. The van der Waals surface area contributed by atoms with Crippen molar-refractivity contribution in [2.24, 2.45) is 0 Å². The van der Waals surface area contributed by atoms with E-state index >= 15 is 0 Å². The molecule has 0 N–H and O–H groups in total. The first-order valence-electron chi connectivity index (χ1n) is 8.67. The molecule has 1 aliphatic heterocycles. The Kier molecular flexibility index (Phi) is 5.14. The molecule has 0 bridgehead atoms. The molecule has 0 saturated carbocycles. The average Bonchev–Trinajstić information content (AvgIpc) is 3.10. The average molecular weight is 325 g/mol. The van der Waals surface area contributed by atoms with E-state index in [4.69, 9.17) is 4.74 Å². The number of benzene rings is 2. The maximum atomic E-state index is 13.0. The summed E-state index contributed by atoms with van der Waals surface area (Å²) in [4.78, 5) is 27.0. The third-order valence-corrected chi connectivity index (χ3v) is 4.55. The summed E-state index contributed by atoms with van der Waals surface area (Å²) < 4.78 is 5.34. The van der Waals surface area contributed by atoms with Crippen molar-refractivity contribution in [2.75, 3.05) is 13.2 Å². The summed E-state index contributed by atoms with van der Waals surface area (Å²) in [5.41, 5.74) is 0.654. The van der Waals surface area contributed by atoms with Crippen LogP contribution in [0, 0.1) is 0 Å². The van der Waals surface area contributed by atoms with Gasteiger partial charge in [0.15, 0.2) is 0 Å². The summed E-state index contributed by atoms with van der Waals surface area (Å²) in [7, 11) is 0. The predicted octanol–water partition coefficient (Wildman–Crippen LogP) is 3.79. The molecule has 0 radical (unpaired) electrons. The third-order valence-electron chi connectivity index (χ3n) is 4.55. The zero-order valence-corrected chi connectivity index (χ0v) is 14.0. The highest BCUT2D eigenvalue weighted by molar-refractivity contribution is 6.08. The number of esters is 1. The fraction of sp³-hybridized carbons (Fsp3) is 0.400. The Morgan fingerprint density at radius 1 is 1.17 bits per heavy atom. The van der Waals surface area contributed by atoms with E-state index in [1.165, 1.54) is 0 Å². The molecule has 4 heteroatoms. The molecule has 2 aromatic rings. The molecule has 0 spiro atoms. The molecule has 0 aromatic heterocycles. The van der Waals surface area contributed by atoms with E-state index < -0.39 is 6.04 Å². The van der Waals surface area contributed by atoms with Gasteiger partial charge in [0.1, 0.15) is 6.04 Å². The molecule has 3 rings (SSSR count). The zero-order valence-electron chi connectivity index (χ0n) is 14.0. The topological polar surface area (TPSA) is 46.6 Å². The molecule has 1 saturated heterocycles. The normalized spacial score (nSPS) is 17.2. The molecule has 24 heavy (non-hydrogen) atoms. The maximum absolute atomic E-state index is 13.0. The summed E-state index contributed by atoms with van der Waals surface area (Å²) in [5.74, 6) is -0.351. The zero-order chi connectivity index (χ0) is 16.9. The number of carbonyl (C=O) groups excluding carboxylic acids is 2. The second-order valence-electron chi connectivity index (χ2n) is 6.20. The molecular weight excluding hydrogens is 302 g/mol. The van der Waals surface area contributed by atoms with Crippen LogP contribution >= 0.6 is 0 Å². The number of rotatable bonds is 5. The van der Waals surface area contributed by atoms with Gasteiger partial charge >= 0.3 is 5.97 Å². The third kappa shape index (κ3) is 3.28. The number of likely N-dealkylation sites (tertiary alicyclic amines) is 1. The lowest BCUT2D eigenvalue weighted by Crippen LogP contribution is -2.41. The van der Waals surface area contributed by atoms with Gasteiger partial charge in [-0.3, -0.25) is 4.79 Å². The fourth-order valence-electron chi connectivity index (χ4n) is 3.23. The Morgan fingerprint density at radius 3 is 2.79 bits per heavy atom. The highest BCUT2D eigenvalue weighted by Crippen LogP contribution is 2.25. The van der Waals surface area contributed by atoms with E-state index in [-0.39, 0.29) is 11.9 Å². The molecular formula is C20H23NO3. The van der Waals surface area contributed by atoms with Crippen molar-refractivity contribution in [1.82, 2.24) is 4.90 Å². The highest BCUT2D eigenvalue weighted by atomic mass is 16.5. The van der Waals surface area contributed by atoms with Gasteiger partial charge < -0.3 is 9.64 Å². The van der Waals surface area contributed by atoms with E-state index in [9.17, 15) is 9.59 Å². The quantitative estimate of drug-likeness (QED) is 0.621. The van der Waals surface area contributed by atoms with Crippen LogP contribution in [0.25, 0.3) is 10.8 Å². The first kappa shape index (κ1) is 16.5. The number of nitrogens with zero attached hydrogens (tertiary/aromatic N) is 1. The summed E-state index contributed by atoms with van der Waals surface area (Å²) in [6.45, 7) is 3.09. The SMILES string of the molecule is CCCCOC(=O)C1CCCN1C(=O)c1cccc2ccccc12. The molecule has 4 nitrogen and oxygen atoms in total. The predicted molar refractivity (Wildman–Crippen MR) is 93.9 cm³/mol. The second-order valence-corrected chi connectivity index (χ2v) is 6.20. The molecule has 1 unspecified atom stereocenters. The van der Waals surface area contributed by atoms with Crippen LogP contribution in [0.1, 0.15) is 43.0 Å². The number of hydrogen-bond donors (Lipinski definition) is 0. The van der Waals surface area contributed by atoms with Crippen molar-refractivity contribution < 1.29 is 14.3 Å². The maximum Gasteiger partial charge on any atom is 0.328 e. The van der Waals surface area contributed by atoms with E-state index in [1.54, 1.807) is 4.90 Å². The number of unbranched alkanes of at least 4 members (excludes halogenated alkanes) is 1. The van der Waals surface area contributed by atoms with Crippen LogP contribution in [0.5, 0.6) is 0 Å². The van der Waals surface area contributed by atoms with Gasteiger partial charge in [0.25, 0.3) is 5.91 Å². The Balaban J connectivity index is 1.81. The molecule has 2 aromatic carbocycles. The van der Waals surface area contributed by atoms with E-state index in [0.29, 0.717) is 25.1 Å². The standard InChI is InChI=1S/C20H23NO3/c1-2-3-14-24-20(23)18-12-7-13-21(18)19(22)17-11-6-9-15-8-4-5-10-16(15)17/h4-6,8-11,18H,2-3,7,12-14H2,1H3. The van der Waals surface area contributed by atoms with Gasteiger partial charge in [-0.1, -0.05) is 49.7 Å². The summed E-state index contributed by atoms with van der Waals surface area (Å²) in [6, 6.07) is 13.1. The van der Waals surface area contributed by atoms with Crippen LogP contribution in [0.15, 0.2) is 42.5 Å². The van der Waals surface area contributed by atoms with Crippen LogP contribution in [0.3, 0.4) is 0 Å². The van der Waals surface area contributed by atoms with Crippen LogP contribution in [0.2, 0.25) is 0 Å². The van der Waals surface area contributed by atoms with E-state index in [1.807, 2.05) is 42.5 Å².